The van der Waals surface area contributed by atoms with Gasteiger partial charge in [-0.2, -0.15) is 0 Å². The highest BCUT2D eigenvalue weighted by Gasteiger charge is 2.21. The van der Waals surface area contributed by atoms with Crippen LogP contribution < -0.4 is 5.32 Å². The fraction of sp³-hybridized carbons (Fsp3) is 0.455. The van der Waals surface area contributed by atoms with Crippen LogP contribution in [0.4, 0.5) is 4.39 Å². The quantitative estimate of drug-likeness (QED) is 0.717. The number of aryl methyl sites for hydroxylation is 1. The Morgan fingerprint density at radius 3 is 2.93 bits per heavy atom. The topological polar surface area (TPSA) is 32.3 Å². The standard InChI is InChI=1S/C11H14FNO/c1-7-2-3-9(11(14)10(7)12)8-4-5-13-6-8/h2-3,8,13-14H,4-6H2,1H3. The van der Waals surface area contributed by atoms with Crippen LogP contribution in [-0.4, -0.2) is 18.2 Å². The molecule has 1 heterocycles. The highest BCUT2D eigenvalue weighted by molar-refractivity contribution is 5.40. The first kappa shape index (κ1) is 9.46. The van der Waals surface area contributed by atoms with Crippen LogP contribution in [0.15, 0.2) is 12.1 Å². The summed E-state index contributed by atoms with van der Waals surface area (Å²) in [6, 6.07) is 3.55. The molecule has 2 rings (SSSR count). The van der Waals surface area contributed by atoms with Crippen molar-refractivity contribution in [3.8, 4) is 5.75 Å². The number of aromatic hydroxyl groups is 1. The first-order valence-corrected chi connectivity index (χ1v) is 4.89. The Bertz CT molecular complexity index is 345. The van der Waals surface area contributed by atoms with Crippen LogP contribution in [-0.2, 0) is 0 Å². The van der Waals surface area contributed by atoms with Crippen LogP contribution in [0.2, 0.25) is 0 Å². The highest BCUT2D eigenvalue weighted by atomic mass is 19.1. The van der Waals surface area contributed by atoms with E-state index in [0.717, 1.165) is 25.1 Å². The molecule has 1 aliphatic heterocycles. The Morgan fingerprint density at radius 1 is 1.50 bits per heavy atom. The summed E-state index contributed by atoms with van der Waals surface area (Å²) in [7, 11) is 0. The lowest BCUT2D eigenvalue weighted by molar-refractivity contribution is 0.419. The van der Waals surface area contributed by atoms with Crippen molar-refractivity contribution in [3.05, 3.63) is 29.1 Å². The van der Waals surface area contributed by atoms with E-state index in [4.69, 9.17) is 0 Å². The van der Waals surface area contributed by atoms with Gasteiger partial charge in [0.05, 0.1) is 0 Å². The summed E-state index contributed by atoms with van der Waals surface area (Å²) in [6.45, 7) is 3.43. The van der Waals surface area contributed by atoms with E-state index in [1.807, 2.05) is 6.07 Å². The lowest BCUT2D eigenvalue weighted by Crippen LogP contribution is -2.08. The minimum atomic E-state index is -0.477. The summed E-state index contributed by atoms with van der Waals surface area (Å²) in [5.41, 5.74) is 1.23. The zero-order valence-corrected chi connectivity index (χ0v) is 8.18. The third-order valence-electron chi connectivity index (χ3n) is 2.84. The van der Waals surface area contributed by atoms with Crippen LogP contribution in [0.3, 0.4) is 0 Å². The maximum absolute atomic E-state index is 13.4. The molecule has 1 atom stereocenters. The van der Waals surface area contributed by atoms with Crippen LogP contribution in [0.1, 0.15) is 23.5 Å². The summed E-state index contributed by atoms with van der Waals surface area (Å²) in [5.74, 6) is -0.391. The molecular formula is C11H14FNO. The normalized spacial score (nSPS) is 21.4. The molecule has 0 aromatic heterocycles. The number of nitrogens with one attached hydrogen (secondary N) is 1. The smallest absolute Gasteiger partial charge is 0.167 e. The fourth-order valence-corrected chi connectivity index (χ4v) is 1.93. The van der Waals surface area contributed by atoms with Gasteiger partial charge < -0.3 is 10.4 Å². The molecule has 0 aliphatic carbocycles. The molecule has 2 nitrogen and oxygen atoms in total. The molecule has 1 unspecified atom stereocenters. The number of hydrogen-bond acceptors (Lipinski definition) is 2. The van der Waals surface area contributed by atoms with E-state index in [1.165, 1.54) is 0 Å². The molecule has 0 bridgehead atoms. The van der Waals surface area contributed by atoms with Crippen LogP contribution in [0.5, 0.6) is 5.75 Å². The molecule has 1 saturated heterocycles. The Kier molecular flexibility index (Phi) is 2.42. The molecule has 0 amide bonds. The molecule has 0 radical (unpaired) electrons. The number of halogens is 1. The third kappa shape index (κ3) is 1.48. The Labute approximate surface area is 82.8 Å². The lowest BCUT2D eigenvalue weighted by Gasteiger charge is -2.12. The number of rotatable bonds is 1. The van der Waals surface area contributed by atoms with Crippen molar-refractivity contribution in [3.63, 3.8) is 0 Å². The van der Waals surface area contributed by atoms with Crippen LogP contribution in [0.25, 0.3) is 0 Å². The molecule has 1 fully saturated rings. The summed E-state index contributed by atoms with van der Waals surface area (Å²) in [4.78, 5) is 0. The van der Waals surface area contributed by atoms with E-state index in [9.17, 15) is 9.50 Å². The predicted molar refractivity (Wildman–Crippen MR) is 53.0 cm³/mol. The van der Waals surface area contributed by atoms with E-state index in [2.05, 4.69) is 5.32 Å². The molecule has 76 valence electrons. The first-order chi connectivity index (χ1) is 6.70. The fourth-order valence-electron chi connectivity index (χ4n) is 1.93. The van der Waals surface area contributed by atoms with Gasteiger partial charge in [-0.1, -0.05) is 12.1 Å². The predicted octanol–water partition coefficient (Wildman–Crippen LogP) is 1.92. The minimum Gasteiger partial charge on any atom is -0.505 e. The minimum absolute atomic E-state index is 0.168. The van der Waals surface area contributed by atoms with E-state index >= 15 is 0 Å². The lowest BCUT2D eigenvalue weighted by atomic mass is 9.96. The molecule has 2 N–H and O–H groups in total. The summed E-state index contributed by atoms with van der Waals surface area (Å²) in [6.07, 6.45) is 0.968. The Balaban J connectivity index is 2.38. The van der Waals surface area contributed by atoms with Gasteiger partial charge in [0, 0.05) is 18.0 Å². The largest absolute Gasteiger partial charge is 0.505 e. The monoisotopic (exact) mass is 195 g/mol. The van der Waals surface area contributed by atoms with E-state index in [0.29, 0.717) is 5.56 Å². The maximum Gasteiger partial charge on any atom is 0.167 e. The van der Waals surface area contributed by atoms with Crippen LogP contribution >= 0.6 is 0 Å². The number of phenols is 1. The summed E-state index contributed by atoms with van der Waals surface area (Å²) < 4.78 is 13.4. The van der Waals surface area contributed by atoms with Crippen LogP contribution in [0, 0.1) is 12.7 Å². The second-order valence-electron chi connectivity index (χ2n) is 3.82. The van der Waals surface area contributed by atoms with E-state index in [-0.39, 0.29) is 11.7 Å². The maximum atomic E-state index is 13.4. The van der Waals surface area contributed by atoms with Crippen molar-refractivity contribution < 1.29 is 9.50 Å². The third-order valence-corrected chi connectivity index (χ3v) is 2.84. The molecule has 1 aromatic carbocycles. The Morgan fingerprint density at radius 2 is 2.29 bits per heavy atom. The number of phenolic OH excluding ortho intramolecular Hbond substituents is 1. The molecule has 0 saturated carbocycles. The second-order valence-corrected chi connectivity index (χ2v) is 3.82. The van der Waals surface area contributed by atoms with E-state index < -0.39 is 5.82 Å². The highest BCUT2D eigenvalue weighted by Crippen LogP contribution is 2.32. The van der Waals surface area contributed by atoms with Crippen molar-refractivity contribution >= 4 is 0 Å². The molecule has 1 aromatic rings. The average molecular weight is 195 g/mol. The zero-order chi connectivity index (χ0) is 10.1. The van der Waals surface area contributed by atoms with E-state index in [1.54, 1.807) is 13.0 Å². The van der Waals surface area contributed by atoms with Gasteiger partial charge in [0.25, 0.3) is 0 Å². The van der Waals surface area contributed by atoms with Crippen molar-refractivity contribution in [1.82, 2.24) is 5.32 Å². The van der Waals surface area contributed by atoms with Gasteiger partial charge in [-0.3, -0.25) is 0 Å². The van der Waals surface area contributed by atoms with Crippen molar-refractivity contribution in [1.29, 1.82) is 0 Å². The number of hydrogen-bond donors (Lipinski definition) is 2. The molecular weight excluding hydrogens is 181 g/mol. The first-order valence-electron chi connectivity index (χ1n) is 4.89. The van der Waals surface area contributed by atoms with Crippen molar-refractivity contribution in [2.45, 2.75) is 19.3 Å². The summed E-state index contributed by atoms with van der Waals surface area (Å²) in [5, 5.41) is 12.8. The van der Waals surface area contributed by atoms with Gasteiger partial charge >= 0.3 is 0 Å². The van der Waals surface area contributed by atoms with Gasteiger partial charge in [-0.15, -0.1) is 0 Å². The molecule has 0 spiro atoms. The van der Waals surface area contributed by atoms with Gasteiger partial charge in [0.1, 0.15) is 0 Å². The molecule has 3 heteroatoms. The second kappa shape index (κ2) is 3.58. The van der Waals surface area contributed by atoms with Gasteiger partial charge in [-0.05, 0) is 25.5 Å². The van der Waals surface area contributed by atoms with Gasteiger partial charge in [-0.25, -0.2) is 4.39 Å². The molecule has 1 aliphatic rings. The summed E-state index contributed by atoms with van der Waals surface area (Å²) >= 11 is 0. The number of benzene rings is 1. The SMILES string of the molecule is Cc1ccc(C2CCNC2)c(O)c1F. The molecule has 14 heavy (non-hydrogen) atoms. The average Bonchev–Trinajstić information content (AvgIpc) is 2.67. The van der Waals surface area contributed by atoms with Gasteiger partial charge in [0.15, 0.2) is 11.6 Å². The Hall–Kier alpha value is -1.09. The van der Waals surface area contributed by atoms with Crippen molar-refractivity contribution in [2.75, 3.05) is 13.1 Å². The van der Waals surface area contributed by atoms with Gasteiger partial charge in [0.2, 0.25) is 0 Å². The van der Waals surface area contributed by atoms with Crippen molar-refractivity contribution in [2.24, 2.45) is 0 Å². The zero-order valence-electron chi connectivity index (χ0n) is 8.18.